The molecule has 2 aliphatic rings. The molecule has 0 radical (unpaired) electrons. The van der Waals surface area contributed by atoms with Crippen molar-refractivity contribution in [1.29, 1.82) is 0 Å². The van der Waals surface area contributed by atoms with Crippen molar-refractivity contribution in [1.82, 2.24) is 0 Å². The number of hydrogen-bond donors (Lipinski definition) is 0. The van der Waals surface area contributed by atoms with Gasteiger partial charge in [-0.15, -0.1) is 22.7 Å². The molecule has 0 fully saturated rings. The largest absolute Gasteiger partial charge is 0.468 e. The molecular formula is C73H59BN2O2S2. The number of hydrogen-bond acceptors (Lipinski definition) is 6. The molecule has 0 saturated carbocycles. The van der Waals surface area contributed by atoms with E-state index < -0.39 is 6.71 Å². The van der Waals surface area contributed by atoms with E-state index in [2.05, 4.69) is 271 Å². The van der Waals surface area contributed by atoms with Crippen LogP contribution >= 0.6 is 22.7 Å². The number of nitrogens with zero attached hydrogens (tertiary/aromatic N) is 2. The fourth-order valence-corrected chi connectivity index (χ4v) is 14.6. The maximum atomic E-state index is 7.59. The van der Waals surface area contributed by atoms with Crippen LogP contribution in [0.4, 0.5) is 34.1 Å². The maximum absolute atomic E-state index is 7.59. The summed E-state index contributed by atoms with van der Waals surface area (Å²) in [6.45, 7) is 18.1. The van der Waals surface area contributed by atoms with Crippen LogP contribution in [-0.4, -0.2) is 6.71 Å². The summed E-state index contributed by atoms with van der Waals surface area (Å²) in [5.41, 5.74) is 21.5. The summed E-state index contributed by atoms with van der Waals surface area (Å²) in [6.07, 6.45) is 0. The fourth-order valence-electron chi connectivity index (χ4n) is 12.5. The molecule has 0 N–H and O–H groups in total. The SMILES string of the molecule is CC(C)c1cc2c3c(c1)N(c1cc(-c4cc5ccccc5s4)ccc1-c1ccccc1)c1c(oc4ccc(C(C)(C)C)cc14)B3c1oc3ccc(C(C)(C)C)cc3c1N2c1cc(-c2cc3ccccc3s2)ccc1-c1ccccc1. The molecule has 13 aromatic rings. The van der Waals surface area contributed by atoms with Gasteiger partial charge in [0.1, 0.15) is 22.5 Å². The molecule has 2 aliphatic heterocycles. The summed E-state index contributed by atoms with van der Waals surface area (Å²) in [5.74, 6) is 0.181. The Labute approximate surface area is 476 Å². The van der Waals surface area contributed by atoms with Crippen molar-refractivity contribution >= 4 is 122 Å². The predicted octanol–water partition coefficient (Wildman–Crippen LogP) is 20.1. The Hall–Kier alpha value is -8.36. The molecule has 4 aromatic heterocycles. The zero-order valence-electron chi connectivity index (χ0n) is 46.3. The average molecular weight is 1070 g/mol. The molecule has 6 heterocycles. The van der Waals surface area contributed by atoms with Crippen LogP contribution in [0, 0.1) is 0 Å². The highest BCUT2D eigenvalue weighted by atomic mass is 32.1. The zero-order chi connectivity index (χ0) is 54.3. The Morgan fingerprint density at radius 3 is 1.25 bits per heavy atom. The number of rotatable bonds is 7. The smallest absolute Gasteiger partial charge is 0.342 e. The first-order valence-electron chi connectivity index (χ1n) is 28.0. The Morgan fingerprint density at radius 2 is 0.838 bits per heavy atom. The number of anilines is 6. The minimum Gasteiger partial charge on any atom is -0.468 e. The van der Waals surface area contributed by atoms with Gasteiger partial charge in [-0.3, -0.25) is 0 Å². The fraction of sp³-hybridized carbons (Fsp3) is 0.151. The minimum absolute atomic E-state index is 0.118. The van der Waals surface area contributed by atoms with Crippen LogP contribution in [0.25, 0.3) is 85.2 Å². The second kappa shape index (κ2) is 18.1. The predicted molar refractivity (Wildman–Crippen MR) is 344 cm³/mol. The first-order chi connectivity index (χ1) is 38.7. The quantitative estimate of drug-likeness (QED) is 0.149. The van der Waals surface area contributed by atoms with E-state index in [0.29, 0.717) is 0 Å². The third-order valence-electron chi connectivity index (χ3n) is 16.7. The van der Waals surface area contributed by atoms with Crippen molar-refractivity contribution in [2.75, 3.05) is 9.80 Å². The van der Waals surface area contributed by atoms with Gasteiger partial charge in [-0.05, 0) is 145 Å². The molecule has 0 atom stereocenters. The van der Waals surface area contributed by atoms with E-state index in [1.807, 2.05) is 22.7 Å². The second-order valence-electron chi connectivity index (χ2n) is 24.3. The van der Waals surface area contributed by atoms with Crippen LogP contribution in [0.1, 0.15) is 78.0 Å². The standard InChI is InChI=1S/C73H59BN2O2S2/c1-43(2)50-37-59-67-60(38-50)76(58-36-49(28-32-54(58)45-21-13-10-14-22-45)66-40-47-24-16-18-26-64(47)80-66)69-56-42-52(73(6,7)8)30-34-62(56)78-71(69)74(67)70-68(55-41-51(72(3,4)5)29-33-61(55)77-70)75(59)57-35-48(27-31-53(57)44-19-11-9-12-20-44)65-39-46-23-15-17-25-63(46)79-65/h9-43H,1-8H3. The molecule has 0 bridgehead atoms. The highest BCUT2D eigenvalue weighted by Crippen LogP contribution is 2.54. The Kier molecular flexibility index (Phi) is 11.0. The Morgan fingerprint density at radius 1 is 0.412 bits per heavy atom. The molecule has 0 saturated heterocycles. The molecule has 7 heteroatoms. The van der Waals surface area contributed by atoms with E-state index in [-0.39, 0.29) is 16.7 Å². The molecule has 80 heavy (non-hydrogen) atoms. The first-order valence-corrected chi connectivity index (χ1v) is 29.7. The van der Waals surface area contributed by atoms with Crippen molar-refractivity contribution in [3.8, 4) is 43.1 Å². The van der Waals surface area contributed by atoms with E-state index in [1.54, 1.807) is 0 Å². The molecule has 15 rings (SSSR count). The zero-order valence-corrected chi connectivity index (χ0v) is 47.9. The van der Waals surface area contributed by atoms with Gasteiger partial charge in [-0.2, -0.15) is 0 Å². The van der Waals surface area contributed by atoms with Gasteiger partial charge in [0, 0.05) is 52.4 Å². The normalized spacial score (nSPS) is 13.3. The lowest BCUT2D eigenvalue weighted by molar-refractivity contribution is 0.590. The molecule has 0 aliphatic carbocycles. The van der Waals surface area contributed by atoms with Gasteiger partial charge in [-0.25, -0.2) is 0 Å². The molecule has 0 amide bonds. The van der Waals surface area contributed by atoms with E-state index in [4.69, 9.17) is 8.83 Å². The third kappa shape index (κ3) is 7.76. The van der Waals surface area contributed by atoms with Crippen LogP contribution in [0.5, 0.6) is 0 Å². The first kappa shape index (κ1) is 48.7. The molecule has 0 spiro atoms. The highest BCUT2D eigenvalue weighted by molar-refractivity contribution is 7.22. The van der Waals surface area contributed by atoms with E-state index >= 15 is 0 Å². The van der Waals surface area contributed by atoms with Crippen molar-refractivity contribution in [3.05, 3.63) is 223 Å². The number of thiophene rings is 2. The van der Waals surface area contributed by atoms with E-state index in [0.717, 1.165) is 95.1 Å². The monoisotopic (exact) mass is 1070 g/mol. The molecule has 9 aromatic carbocycles. The van der Waals surface area contributed by atoms with Gasteiger partial charge in [0.05, 0.1) is 22.7 Å². The summed E-state index contributed by atoms with van der Waals surface area (Å²) in [4.78, 5) is 7.63. The van der Waals surface area contributed by atoms with Gasteiger partial charge in [0.2, 0.25) is 0 Å². The summed E-state index contributed by atoms with van der Waals surface area (Å²) >= 11 is 3.70. The lowest BCUT2D eigenvalue weighted by atomic mass is 9.37. The van der Waals surface area contributed by atoms with Gasteiger partial charge in [-0.1, -0.05) is 189 Å². The summed E-state index contributed by atoms with van der Waals surface area (Å²) in [6, 6.07) is 77.0. The van der Waals surface area contributed by atoms with Gasteiger partial charge >= 0.3 is 6.71 Å². The van der Waals surface area contributed by atoms with Gasteiger partial charge in [0.25, 0.3) is 0 Å². The van der Waals surface area contributed by atoms with Crippen LogP contribution in [0.15, 0.2) is 215 Å². The van der Waals surface area contributed by atoms with Gasteiger partial charge < -0.3 is 18.6 Å². The van der Waals surface area contributed by atoms with Crippen molar-refractivity contribution in [3.63, 3.8) is 0 Å². The molecule has 4 nitrogen and oxygen atoms in total. The van der Waals surface area contributed by atoms with Crippen molar-refractivity contribution in [2.45, 2.75) is 72.1 Å². The van der Waals surface area contributed by atoms with Crippen LogP contribution in [0.3, 0.4) is 0 Å². The van der Waals surface area contributed by atoms with E-state index in [1.165, 1.54) is 57.7 Å². The van der Waals surface area contributed by atoms with Crippen molar-refractivity contribution < 1.29 is 8.83 Å². The lowest BCUT2D eigenvalue weighted by Crippen LogP contribution is -2.60. The van der Waals surface area contributed by atoms with Crippen LogP contribution in [0.2, 0.25) is 0 Å². The number of fused-ring (bicyclic) bond motifs is 10. The highest BCUT2D eigenvalue weighted by Gasteiger charge is 2.51. The maximum Gasteiger partial charge on any atom is 0.342 e. The van der Waals surface area contributed by atoms with Gasteiger partial charge in [0.15, 0.2) is 0 Å². The summed E-state index contributed by atoms with van der Waals surface area (Å²) < 4.78 is 17.7. The Balaban J connectivity index is 1.10. The van der Waals surface area contributed by atoms with Crippen LogP contribution < -0.4 is 26.6 Å². The van der Waals surface area contributed by atoms with Crippen LogP contribution in [-0.2, 0) is 10.8 Å². The topological polar surface area (TPSA) is 32.8 Å². The van der Waals surface area contributed by atoms with Crippen molar-refractivity contribution in [2.24, 2.45) is 0 Å². The summed E-state index contributed by atoms with van der Waals surface area (Å²) in [7, 11) is 0. The molecule has 0 unspecified atom stereocenters. The third-order valence-corrected chi connectivity index (χ3v) is 19.1. The molecular weight excluding hydrogens is 1010 g/mol. The molecule has 388 valence electrons. The number of furan rings is 2. The Bertz CT molecular complexity index is 4270. The lowest BCUT2D eigenvalue weighted by Gasteiger charge is -2.42. The number of benzene rings is 9. The summed E-state index contributed by atoms with van der Waals surface area (Å²) in [5, 5.41) is 4.67. The minimum atomic E-state index is -0.397. The van der Waals surface area contributed by atoms with E-state index in [9.17, 15) is 0 Å². The average Bonchev–Trinajstić information content (AvgIpc) is 4.35. The second-order valence-corrected chi connectivity index (χ2v) is 26.4.